The second-order valence-electron chi connectivity index (χ2n) is 7.65. The van der Waals surface area contributed by atoms with Crippen molar-refractivity contribution in [3.05, 3.63) is 70.7 Å². The first-order chi connectivity index (χ1) is 15.0. The molecule has 0 saturated heterocycles. The Labute approximate surface area is 195 Å². The van der Waals surface area contributed by atoms with Crippen LogP contribution >= 0.6 is 23.4 Å². The lowest BCUT2D eigenvalue weighted by Gasteiger charge is -2.31. The smallest absolute Gasteiger partial charge is 0.243 e. The van der Waals surface area contributed by atoms with Crippen LogP contribution in [-0.4, -0.2) is 41.1 Å². The fourth-order valence-electron chi connectivity index (χ4n) is 3.28. The van der Waals surface area contributed by atoms with Crippen molar-refractivity contribution in [3.63, 3.8) is 0 Å². The molecule has 0 aliphatic carbocycles. The fourth-order valence-corrected chi connectivity index (χ4v) is 4.48. The minimum absolute atomic E-state index is 0.0147. The molecule has 6 heteroatoms. The average Bonchev–Trinajstić information content (AvgIpc) is 2.78. The van der Waals surface area contributed by atoms with Crippen molar-refractivity contribution in [2.75, 3.05) is 12.3 Å². The molecule has 0 aromatic heterocycles. The van der Waals surface area contributed by atoms with Gasteiger partial charge in [0.1, 0.15) is 6.04 Å². The number of halogens is 1. The number of benzene rings is 2. The Morgan fingerprint density at radius 2 is 1.71 bits per heavy atom. The number of hydrogen-bond acceptors (Lipinski definition) is 3. The lowest BCUT2D eigenvalue weighted by atomic mass is 10.1. The van der Waals surface area contributed by atoms with E-state index < -0.39 is 6.04 Å². The molecule has 0 aliphatic rings. The molecule has 0 spiro atoms. The van der Waals surface area contributed by atoms with Crippen LogP contribution in [0, 0.1) is 0 Å². The first kappa shape index (κ1) is 25.3. The van der Waals surface area contributed by atoms with E-state index in [0.717, 1.165) is 24.0 Å². The summed E-state index contributed by atoms with van der Waals surface area (Å²) in [5.74, 6) is 0.884. The predicted octanol–water partition coefficient (Wildman–Crippen LogP) is 5.34. The summed E-state index contributed by atoms with van der Waals surface area (Å²) in [5, 5.41) is 3.76. The Balaban J connectivity index is 2.07. The lowest BCUT2D eigenvalue weighted by Crippen LogP contribution is -2.52. The molecular formula is C25H33ClN2O2S. The summed E-state index contributed by atoms with van der Waals surface area (Å²) in [7, 11) is 0. The summed E-state index contributed by atoms with van der Waals surface area (Å²) >= 11 is 7.76. The third kappa shape index (κ3) is 8.23. The van der Waals surface area contributed by atoms with Crippen molar-refractivity contribution < 1.29 is 9.59 Å². The van der Waals surface area contributed by atoms with Crippen LogP contribution in [0.1, 0.15) is 44.7 Å². The van der Waals surface area contributed by atoms with Gasteiger partial charge in [-0.2, -0.15) is 0 Å². The number of hydrogen-bond donors (Lipinski definition) is 1. The van der Waals surface area contributed by atoms with Crippen LogP contribution in [0.15, 0.2) is 54.6 Å². The van der Waals surface area contributed by atoms with Crippen LogP contribution in [0.2, 0.25) is 5.02 Å². The van der Waals surface area contributed by atoms with Gasteiger partial charge < -0.3 is 10.2 Å². The maximum Gasteiger partial charge on any atom is 0.243 e. The zero-order chi connectivity index (χ0) is 22.6. The SMILES string of the molecule is CC[C@@H](C)NC(=O)[C@@H](CC)N(CCc1ccccc1)C(=O)CSCc1ccccc1Cl. The van der Waals surface area contributed by atoms with Crippen molar-refractivity contribution >= 4 is 35.2 Å². The largest absolute Gasteiger partial charge is 0.352 e. The normalized spacial score (nSPS) is 12.8. The van der Waals surface area contributed by atoms with Gasteiger partial charge in [-0.15, -0.1) is 11.8 Å². The Morgan fingerprint density at radius 3 is 2.35 bits per heavy atom. The van der Waals surface area contributed by atoms with Gasteiger partial charge in [0.2, 0.25) is 11.8 Å². The maximum absolute atomic E-state index is 13.2. The Kier molecular flexibility index (Phi) is 11.0. The summed E-state index contributed by atoms with van der Waals surface area (Å²) in [6.07, 6.45) is 2.15. The molecule has 0 aliphatic heterocycles. The molecule has 31 heavy (non-hydrogen) atoms. The average molecular weight is 461 g/mol. The molecule has 0 bridgehead atoms. The fraction of sp³-hybridized carbons (Fsp3) is 0.440. The third-order valence-corrected chi connectivity index (χ3v) is 6.65. The zero-order valence-corrected chi connectivity index (χ0v) is 20.2. The van der Waals surface area contributed by atoms with Crippen molar-refractivity contribution in [3.8, 4) is 0 Å². The highest BCUT2D eigenvalue weighted by Crippen LogP contribution is 2.21. The molecule has 1 N–H and O–H groups in total. The second-order valence-corrected chi connectivity index (χ2v) is 9.04. The Bertz CT molecular complexity index is 831. The van der Waals surface area contributed by atoms with Gasteiger partial charge >= 0.3 is 0 Å². The molecule has 2 aromatic rings. The third-order valence-electron chi connectivity index (χ3n) is 5.31. The maximum atomic E-state index is 13.2. The van der Waals surface area contributed by atoms with E-state index in [1.807, 2.05) is 63.2 Å². The molecule has 0 radical (unpaired) electrons. The van der Waals surface area contributed by atoms with Crippen LogP contribution in [0.5, 0.6) is 0 Å². The molecule has 2 aromatic carbocycles. The molecule has 4 nitrogen and oxygen atoms in total. The van der Waals surface area contributed by atoms with Gasteiger partial charge in [0.25, 0.3) is 0 Å². The standard InChI is InChI=1S/C25H33ClN2O2S/c1-4-19(3)27-25(30)23(5-2)28(16-15-20-11-7-6-8-12-20)24(29)18-31-17-21-13-9-10-14-22(21)26/h6-14,19,23H,4-5,15-18H2,1-3H3,(H,27,30)/t19-,23-/m1/s1. The van der Waals surface area contributed by atoms with Crippen molar-refractivity contribution in [1.29, 1.82) is 0 Å². The monoisotopic (exact) mass is 460 g/mol. The summed E-state index contributed by atoms with van der Waals surface area (Å²) in [5.41, 5.74) is 2.17. The molecule has 0 heterocycles. The molecule has 2 atom stereocenters. The van der Waals surface area contributed by atoms with E-state index in [2.05, 4.69) is 17.4 Å². The second kappa shape index (κ2) is 13.4. The number of nitrogens with one attached hydrogen (secondary N) is 1. The number of carbonyl (C=O) groups excluding carboxylic acids is 2. The molecule has 0 fully saturated rings. The number of nitrogens with zero attached hydrogens (tertiary/aromatic N) is 1. The van der Waals surface area contributed by atoms with Gasteiger partial charge in [-0.1, -0.05) is 74.0 Å². The predicted molar refractivity (Wildman–Crippen MR) is 131 cm³/mol. The van der Waals surface area contributed by atoms with E-state index in [1.165, 1.54) is 11.8 Å². The number of carbonyl (C=O) groups is 2. The molecule has 168 valence electrons. The van der Waals surface area contributed by atoms with Gasteiger partial charge in [0, 0.05) is 23.4 Å². The van der Waals surface area contributed by atoms with Crippen LogP contribution in [0.25, 0.3) is 0 Å². The highest BCUT2D eigenvalue weighted by Gasteiger charge is 2.28. The van der Waals surface area contributed by atoms with Crippen molar-refractivity contribution in [1.82, 2.24) is 10.2 Å². The van der Waals surface area contributed by atoms with E-state index in [4.69, 9.17) is 11.6 Å². The molecule has 0 saturated carbocycles. The van der Waals surface area contributed by atoms with E-state index in [-0.39, 0.29) is 17.9 Å². The molecular weight excluding hydrogens is 428 g/mol. The minimum atomic E-state index is -0.467. The number of thioether (sulfide) groups is 1. The number of amides is 2. The van der Waals surface area contributed by atoms with Gasteiger partial charge in [0.15, 0.2) is 0 Å². The van der Waals surface area contributed by atoms with Crippen LogP contribution < -0.4 is 5.32 Å². The van der Waals surface area contributed by atoms with E-state index in [0.29, 0.717) is 29.5 Å². The van der Waals surface area contributed by atoms with E-state index in [1.54, 1.807) is 4.90 Å². The van der Waals surface area contributed by atoms with Crippen LogP contribution in [0.4, 0.5) is 0 Å². The topological polar surface area (TPSA) is 49.4 Å². The summed E-state index contributed by atoms with van der Waals surface area (Å²) in [6.45, 7) is 6.50. The molecule has 2 amide bonds. The molecule has 2 rings (SSSR count). The first-order valence-corrected chi connectivity index (χ1v) is 12.4. The summed E-state index contributed by atoms with van der Waals surface area (Å²) < 4.78 is 0. The number of rotatable bonds is 12. The quantitative estimate of drug-likeness (QED) is 0.465. The highest BCUT2D eigenvalue weighted by atomic mass is 35.5. The Morgan fingerprint density at radius 1 is 1.03 bits per heavy atom. The van der Waals surface area contributed by atoms with Crippen LogP contribution in [0.3, 0.4) is 0 Å². The van der Waals surface area contributed by atoms with Crippen molar-refractivity contribution in [2.24, 2.45) is 0 Å². The summed E-state index contributed by atoms with van der Waals surface area (Å²) in [4.78, 5) is 27.9. The van der Waals surface area contributed by atoms with Crippen LogP contribution in [-0.2, 0) is 21.8 Å². The summed E-state index contributed by atoms with van der Waals surface area (Å²) in [6, 6.07) is 17.4. The lowest BCUT2D eigenvalue weighted by molar-refractivity contribution is -0.139. The van der Waals surface area contributed by atoms with E-state index >= 15 is 0 Å². The molecule has 0 unspecified atom stereocenters. The van der Waals surface area contributed by atoms with Gasteiger partial charge in [-0.3, -0.25) is 9.59 Å². The Hall–Kier alpha value is -1.98. The van der Waals surface area contributed by atoms with Gasteiger partial charge in [-0.25, -0.2) is 0 Å². The highest BCUT2D eigenvalue weighted by molar-refractivity contribution is 7.99. The van der Waals surface area contributed by atoms with Gasteiger partial charge in [-0.05, 0) is 43.4 Å². The minimum Gasteiger partial charge on any atom is -0.352 e. The van der Waals surface area contributed by atoms with E-state index in [9.17, 15) is 9.59 Å². The first-order valence-electron chi connectivity index (χ1n) is 10.9. The van der Waals surface area contributed by atoms with Gasteiger partial charge in [0.05, 0.1) is 5.75 Å². The zero-order valence-electron chi connectivity index (χ0n) is 18.6. The van der Waals surface area contributed by atoms with Crippen molar-refractivity contribution in [2.45, 2.75) is 57.9 Å².